The van der Waals surface area contributed by atoms with Gasteiger partial charge in [0.2, 0.25) is 11.1 Å². The van der Waals surface area contributed by atoms with Gasteiger partial charge in [0.15, 0.2) is 9.84 Å². The molecule has 1 atom stereocenters. The Labute approximate surface area is 189 Å². The fourth-order valence-electron chi connectivity index (χ4n) is 3.51. The predicted molar refractivity (Wildman–Crippen MR) is 121 cm³/mol. The van der Waals surface area contributed by atoms with Crippen LogP contribution in [0.25, 0.3) is 5.69 Å². The molecule has 31 heavy (non-hydrogen) atoms. The van der Waals surface area contributed by atoms with Crippen molar-refractivity contribution in [3.63, 3.8) is 0 Å². The average molecular weight is 478 g/mol. The number of thioether (sulfide) groups is 1. The molecule has 0 bridgehead atoms. The van der Waals surface area contributed by atoms with Gasteiger partial charge in [0.25, 0.3) is 0 Å². The van der Waals surface area contributed by atoms with E-state index in [9.17, 15) is 13.2 Å². The number of thiophene rings is 1. The Morgan fingerprint density at radius 1 is 1.29 bits per heavy atom. The molecule has 1 aliphatic heterocycles. The zero-order chi connectivity index (χ0) is 22.0. The number of sulfone groups is 1. The van der Waals surface area contributed by atoms with Crippen LogP contribution in [0, 0.1) is 13.8 Å². The van der Waals surface area contributed by atoms with Crippen molar-refractivity contribution in [2.24, 2.45) is 0 Å². The molecule has 1 fully saturated rings. The highest BCUT2D eigenvalue weighted by atomic mass is 32.2. The number of aryl methyl sites for hydroxylation is 2. The number of tetrazole rings is 1. The molecule has 8 nitrogen and oxygen atoms in total. The van der Waals surface area contributed by atoms with E-state index in [1.807, 2.05) is 49.6 Å². The van der Waals surface area contributed by atoms with Crippen LogP contribution in [-0.4, -0.2) is 62.7 Å². The minimum absolute atomic E-state index is 0.0230. The second-order valence-corrected chi connectivity index (χ2v) is 11.8. The Hall–Kier alpha value is -2.24. The van der Waals surface area contributed by atoms with Crippen molar-refractivity contribution in [3.05, 3.63) is 51.7 Å². The van der Waals surface area contributed by atoms with Gasteiger partial charge in [-0.15, -0.1) is 16.4 Å². The predicted octanol–water partition coefficient (Wildman–Crippen LogP) is 2.65. The van der Waals surface area contributed by atoms with Crippen LogP contribution < -0.4 is 0 Å². The van der Waals surface area contributed by atoms with Crippen LogP contribution in [0.1, 0.15) is 22.4 Å². The first-order valence-electron chi connectivity index (χ1n) is 9.83. The molecule has 0 saturated carbocycles. The van der Waals surface area contributed by atoms with Crippen molar-refractivity contribution in [1.82, 2.24) is 25.1 Å². The van der Waals surface area contributed by atoms with Gasteiger partial charge in [0.1, 0.15) is 0 Å². The van der Waals surface area contributed by atoms with Gasteiger partial charge in [-0.25, -0.2) is 8.42 Å². The first-order valence-corrected chi connectivity index (χ1v) is 13.5. The Morgan fingerprint density at radius 2 is 2.13 bits per heavy atom. The summed E-state index contributed by atoms with van der Waals surface area (Å²) in [6, 6.07) is 9.55. The van der Waals surface area contributed by atoms with Crippen LogP contribution in [0.5, 0.6) is 0 Å². The minimum Gasteiger partial charge on any atom is -0.333 e. The molecule has 164 valence electrons. The van der Waals surface area contributed by atoms with Gasteiger partial charge in [-0.1, -0.05) is 23.9 Å². The molecule has 1 amide bonds. The Kier molecular flexibility index (Phi) is 6.44. The third-order valence-corrected chi connectivity index (χ3v) is 8.89. The lowest BCUT2D eigenvalue weighted by atomic mass is 10.1. The van der Waals surface area contributed by atoms with E-state index in [1.165, 1.54) is 17.3 Å². The highest BCUT2D eigenvalue weighted by molar-refractivity contribution is 7.99. The smallest absolute Gasteiger partial charge is 0.233 e. The maximum absolute atomic E-state index is 13.1. The number of rotatable bonds is 7. The van der Waals surface area contributed by atoms with Crippen LogP contribution in [0.15, 0.2) is 40.9 Å². The van der Waals surface area contributed by atoms with Gasteiger partial charge in [-0.3, -0.25) is 4.79 Å². The van der Waals surface area contributed by atoms with Crippen molar-refractivity contribution < 1.29 is 13.2 Å². The average Bonchev–Trinajstić information content (AvgIpc) is 3.47. The standard InChI is InChI=1S/C20H23N5O3S3/c1-14-5-6-16(10-15(14)2)25-20(21-22-23-25)30-12-19(26)24(11-18-4-3-8-29-18)17-7-9-31(27,28)13-17/h3-6,8,10,17H,7,9,11-13H2,1-2H3/t17-/m0/s1. The zero-order valence-corrected chi connectivity index (χ0v) is 19.7. The summed E-state index contributed by atoms with van der Waals surface area (Å²) in [7, 11) is -3.10. The third-order valence-electron chi connectivity index (χ3n) is 5.38. The molecule has 0 spiro atoms. The first-order chi connectivity index (χ1) is 14.8. The number of hydrogen-bond donors (Lipinski definition) is 0. The summed E-state index contributed by atoms with van der Waals surface area (Å²) in [6.07, 6.45) is 0.477. The molecule has 3 aromatic rings. The molecule has 0 unspecified atom stereocenters. The number of amides is 1. The second kappa shape index (κ2) is 9.09. The molecule has 0 radical (unpaired) electrons. The van der Waals surface area contributed by atoms with Crippen LogP contribution in [0.4, 0.5) is 0 Å². The molecular formula is C20H23N5O3S3. The van der Waals surface area contributed by atoms with Gasteiger partial charge >= 0.3 is 0 Å². The molecule has 0 N–H and O–H groups in total. The molecule has 1 aliphatic rings. The highest BCUT2D eigenvalue weighted by Crippen LogP contribution is 2.25. The Morgan fingerprint density at radius 3 is 2.81 bits per heavy atom. The quantitative estimate of drug-likeness (QED) is 0.483. The number of nitrogens with zero attached hydrogens (tertiary/aromatic N) is 5. The topological polar surface area (TPSA) is 98.1 Å². The molecule has 11 heteroatoms. The van der Waals surface area contributed by atoms with Crippen LogP contribution in [0.3, 0.4) is 0 Å². The van der Waals surface area contributed by atoms with E-state index < -0.39 is 9.84 Å². The van der Waals surface area contributed by atoms with Crippen molar-refractivity contribution >= 4 is 38.8 Å². The maximum atomic E-state index is 13.1. The van der Waals surface area contributed by atoms with Crippen molar-refractivity contribution in [2.75, 3.05) is 17.3 Å². The lowest BCUT2D eigenvalue weighted by molar-refractivity contribution is -0.130. The summed E-state index contributed by atoms with van der Waals surface area (Å²) in [6.45, 7) is 4.48. The minimum atomic E-state index is -3.10. The maximum Gasteiger partial charge on any atom is 0.233 e. The summed E-state index contributed by atoms with van der Waals surface area (Å²) >= 11 is 2.81. The molecule has 3 heterocycles. The van der Waals surface area contributed by atoms with Gasteiger partial charge in [0, 0.05) is 10.9 Å². The largest absolute Gasteiger partial charge is 0.333 e. The lowest BCUT2D eigenvalue weighted by Gasteiger charge is -2.27. The number of aromatic nitrogens is 4. The van der Waals surface area contributed by atoms with Crippen LogP contribution in [-0.2, 0) is 21.2 Å². The molecule has 1 saturated heterocycles. The number of carbonyl (C=O) groups is 1. The summed E-state index contributed by atoms with van der Waals surface area (Å²) in [4.78, 5) is 15.9. The first kappa shape index (κ1) is 22.0. The van der Waals surface area contributed by atoms with E-state index in [1.54, 1.807) is 20.9 Å². The van der Waals surface area contributed by atoms with Crippen LogP contribution in [0.2, 0.25) is 0 Å². The van der Waals surface area contributed by atoms with E-state index in [0.29, 0.717) is 18.1 Å². The molecular weight excluding hydrogens is 454 g/mol. The summed E-state index contributed by atoms with van der Waals surface area (Å²) in [5.41, 5.74) is 3.14. The SMILES string of the molecule is Cc1ccc(-n2nnnc2SCC(=O)N(Cc2cccs2)[C@H]2CCS(=O)(=O)C2)cc1C. The van der Waals surface area contributed by atoms with Crippen molar-refractivity contribution in [3.8, 4) is 5.69 Å². The fraction of sp³-hybridized carbons (Fsp3) is 0.400. The van der Waals surface area contributed by atoms with Gasteiger partial charge in [-0.05, 0) is 65.4 Å². The van der Waals surface area contributed by atoms with E-state index >= 15 is 0 Å². The molecule has 2 aromatic heterocycles. The van der Waals surface area contributed by atoms with Gasteiger partial charge in [0.05, 0.1) is 29.5 Å². The summed E-state index contributed by atoms with van der Waals surface area (Å²) in [5, 5.41) is 14.4. The third kappa shape index (κ3) is 5.16. The number of carbonyl (C=O) groups excluding carboxylic acids is 1. The van der Waals surface area contributed by atoms with Crippen molar-refractivity contribution in [2.45, 2.75) is 38.0 Å². The van der Waals surface area contributed by atoms with Gasteiger partial charge in [-0.2, -0.15) is 4.68 Å². The normalized spacial score (nSPS) is 17.7. The number of hydrogen-bond acceptors (Lipinski definition) is 8. The summed E-state index contributed by atoms with van der Waals surface area (Å²) in [5.74, 6) is 0.168. The van der Waals surface area contributed by atoms with E-state index in [2.05, 4.69) is 15.5 Å². The number of benzene rings is 1. The molecule has 4 rings (SSSR count). The van der Waals surface area contributed by atoms with Gasteiger partial charge < -0.3 is 4.90 Å². The van der Waals surface area contributed by atoms with E-state index in [-0.39, 0.29) is 29.2 Å². The second-order valence-electron chi connectivity index (χ2n) is 7.59. The van der Waals surface area contributed by atoms with Crippen LogP contribution >= 0.6 is 23.1 Å². The fourth-order valence-corrected chi connectivity index (χ4v) is 6.72. The Bertz CT molecular complexity index is 1170. The van der Waals surface area contributed by atoms with E-state index in [4.69, 9.17) is 0 Å². The Balaban J connectivity index is 1.49. The van der Waals surface area contributed by atoms with Crippen molar-refractivity contribution in [1.29, 1.82) is 0 Å². The molecule has 1 aromatic carbocycles. The summed E-state index contributed by atoms with van der Waals surface area (Å²) < 4.78 is 25.6. The monoisotopic (exact) mass is 477 g/mol. The molecule has 0 aliphatic carbocycles. The highest BCUT2D eigenvalue weighted by Gasteiger charge is 2.35. The zero-order valence-electron chi connectivity index (χ0n) is 17.3. The van der Waals surface area contributed by atoms with E-state index in [0.717, 1.165) is 16.1 Å². The lowest BCUT2D eigenvalue weighted by Crippen LogP contribution is -2.41.